The second-order valence-electron chi connectivity index (χ2n) is 7.55. The van der Waals surface area contributed by atoms with Crippen molar-refractivity contribution < 1.29 is 29.3 Å². The molecule has 0 spiro atoms. The maximum atomic E-state index is 11.2. The summed E-state index contributed by atoms with van der Waals surface area (Å²) in [7, 11) is 0. The largest absolute Gasteiger partial charge is 0.466 e. The molecule has 0 saturated carbocycles. The van der Waals surface area contributed by atoms with Gasteiger partial charge in [0.1, 0.15) is 0 Å². The minimum atomic E-state index is -0.363. The van der Waals surface area contributed by atoms with Crippen molar-refractivity contribution in [2.75, 3.05) is 13.2 Å². The molecule has 2 aliphatic heterocycles. The summed E-state index contributed by atoms with van der Waals surface area (Å²) in [5.41, 5.74) is 0. The Morgan fingerprint density at radius 2 is 1.24 bits per heavy atom. The molecular formula is C19H32O6. The van der Waals surface area contributed by atoms with Gasteiger partial charge in [-0.3, -0.25) is 9.59 Å². The van der Waals surface area contributed by atoms with E-state index < -0.39 is 0 Å². The van der Waals surface area contributed by atoms with Gasteiger partial charge >= 0.3 is 11.9 Å². The van der Waals surface area contributed by atoms with Gasteiger partial charge in [0.05, 0.1) is 25.4 Å². The third-order valence-electron chi connectivity index (χ3n) is 5.38. The summed E-state index contributed by atoms with van der Waals surface area (Å²) in [6.45, 7) is 1.01. The molecule has 2 aliphatic rings. The van der Waals surface area contributed by atoms with Crippen molar-refractivity contribution in [3.05, 3.63) is 0 Å². The summed E-state index contributed by atoms with van der Waals surface area (Å²) in [5, 5.41) is 20.1. The molecule has 2 heterocycles. The molecule has 6 nitrogen and oxygen atoms in total. The number of rotatable bonds is 10. The van der Waals surface area contributed by atoms with Gasteiger partial charge < -0.3 is 19.7 Å². The van der Waals surface area contributed by atoms with Gasteiger partial charge in [-0.05, 0) is 69.6 Å². The summed E-state index contributed by atoms with van der Waals surface area (Å²) >= 11 is 0. The Kier molecular flexibility index (Phi) is 8.68. The van der Waals surface area contributed by atoms with Crippen LogP contribution in [0.1, 0.15) is 70.6 Å². The molecule has 0 aromatic rings. The normalized spacial score (nSPS) is 26.6. The lowest BCUT2D eigenvalue weighted by molar-refractivity contribution is -0.150. The molecule has 4 atom stereocenters. The third kappa shape index (κ3) is 8.19. The average molecular weight is 356 g/mol. The van der Waals surface area contributed by atoms with Crippen LogP contribution in [-0.2, 0) is 19.1 Å². The average Bonchev–Trinajstić information content (AvgIpc) is 2.58. The highest BCUT2D eigenvalue weighted by molar-refractivity contribution is 5.70. The van der Waals surface area contributed by atoms with E-state index in [1.54, 1.807) is 0 Å². The lowest BCUT2D eigenvalue weighted by atomic mass is 9.91. The van der Waals surface area contributed by atoms with Crippen molar-refractivity contribution >= 4 is 11.9 Å². The van der Waals surface area contributed by atoms with Crippen LogP contribution in [-0.4, -0.2) is 47.6 Å². The van der Waals surface area contributed by atoms with Gasteiger partial charge in [-0.25, -0.2) is 0 Å². The molecule has 0 bridgehead atoms. The molecule has 2 rings (SSSR count). The number of ether oxygens (including phenoxy) is 2. The molecule has 4 unspecified atom stereocenters. The second kappa shape index (κ2) is 10.8. The van der Waals surface area contributed by atoms with Gasteiger partial charge in [0.25, 0.3) is 0 Å². The lowest BCUT2D eigenvalue weighted by Gasteiger charge is -2.23. The maximum absolute atomic E-state index is 11.2. The van der Waals surface area contributed by atoms with Crippen molar-refractivity contribution in [3.63, 3.8) is 0 Å². The first kappa shape index (κ1) is 20.2. The third-order valence-corrected chi connectivity index (χ3v) is 5.38. The standard InChI is InChI=1S/C19H32O6/c20-16(6-4-14-8-10-24-18(22)12-14)2-1-3-17(21)7-5-15-9-11-25-19(23)13-15/h14-17,20-21H,1-13H2. The van der Waals surface area contributed by atoms with Crippen LogP contribution in [0.25, 0.3) is 0 Å². The zero-order chi connectivity index (χ0) is 18.1. The molecule has 6 heteroatoms. The summed E-state index contributed by atoms with van der Waals surface area (Å²) in [4.78, 5) is 22.4. The first-order valence-corrected chi connectivity index (χ1v) is 9.70. The van der Waals surface area contributed by atoms with E-state index in [0.717, 1.165) is 32.1 Å². The SMILES string of the molecule is O=C1CC(CCC(O)CCCC(O)CCC2CCOC(=O)C2)CCO1. The number of esters is 2. The second-order valence-corrected chi connectivity index (χ2v) is 7.55. The first-order chi connectivity index (χ1) is 12.0. The molecule has 25 heavy (non-hydrogen) atoms. The van der Waals surface area contributed by atoms with Crippen molar-refractivity contribution in [3.8, 4) is 0 Å². The molecule has 2 fully saturated rings. The smallest absolute Gasteiger partial charge is 0.306 e. The number of hydrogen-bond donors (Lipinski definition) is 2. The molecule has 0 aliphatic carbocycles. The fourth-order valence-electron chi connectivity index (χ4n) is 3.70. The van der Waals surface area contributed by atoms with Gasteiger partial charge in [0, 0.05) is 12.8 Å². The van der Waals surface area contributed by atoms with E-state index in [9.17, 15) is 19.8 Å². The van der Waals surface area contributed by atoms with Crippen LogP contribution in [0.2, 0.25) is 0 Å². The van der Waals surface area contributed by atoms with Crippen LogP contribution in [0.15, 0.2) is 0 Å². The van der Waals surface area contributed by atoms with E-state index in [1.165, 1.54) is 0 Å². The quantitative estimate of drug-likeness (QED) is 0.584. The van der Waals surface area contributed by atoms with Crippen molar-refractivity contribution in [1.29, 1.82) is 0 Å². The number of carbonyl (C=O) groups is 2. The van der Waals surface area contributed by atoms with Gasteiger partial charge in [0.15, 0.2) is 0 Å². The highest BCUT2D eigenvalue weighted by atomic mass is 16.5. The van der Waals surface area contributed by atoms with Crippen LogP contribution in [0.5, 0.6) is 0 Å². The first-order valence-electron chi connectivity index (χ1n) is 9.70. The topological polar surface area (TPSA) is 93.1 Å². The molecular weight excluding hydrogens is 324 g/mol. The molecule has 0 amide bonds. The van der Waals surface area contributed by atoms with Crippen molar-refractivity contribution in [2.24, 2.45) is 11.8 Å². The summed E-state index contributed by atoms with van der Waals surface area (Å²) in [5.74, 6) is 0.424. The number of aliphatic hydroxyl groups excluding tert-OH is 2. The molecule has 0 radical (unpaired) electrons. The predicted molar refractivity (Wildman–Crippen MR) is 91.7 cm³/mol. The minimum absolute atomic E-state index is 0.125. The van der Waals surface area contributed by atoms with Crippen LogP contribution in [0.3, 0.4) is 0 Å². The van der Waals surface area contributed by atoms with Crippen LogP contribution >= 0.6 is 0 Å². The van der Waals surface area contributed by atoms with Gasteiger partial charge in [-0.2, -0.15) is 0 Å². The molecule has 2 N–H and O–H groups in total. The molecule has 144 valence electrons. The Morgan fingerprint density at radius 1 is 0.800 bits per heavy atom. The van der Waals surface area contributed by atoms with Crippen LogP contribution in [0.4, 0.5) is 0 Å². The maximum Gasteiger partial charge on any atom is 0.306 e. The fraction of sp³-hybridized carbons (Fsp3) is 0.895. The lowest BCUT2D eigenvalue weighted by Crippen LogP contribution is -2.22. The number of hydrogen-bond acceptors (Lipinski definition) is 6. The van der Waals surface area contributed by atoms with E-state index in [1.807, 2.05) is 0 Å². The van der Waals surface area contributed by atoms with E-state index in [0.29, 0.717) is 63.6 Å². The summed E-state index contributed by atoms with van der Waals surface area (Å²) in [6, 6.07) is 0. The van der Waals surface area contributed by atoms with Crippen molar-refractivity contribution in [1.82, 2.24) is 0 Å². The van der Waals surface area contributed by atoms with Gasteiger partial charge in [-0.1, -0.05) is 0 Å². The number of aliphatic hydroxyl groups is 2. The summed E-state index contributed by atoms with van der Waals surface area (Å²) < 4.78 is 9.85. The Bertz CT molecular complexity index is 386. The molecule has 0 aromatic heterocycles. The Labute approximate surface area is 149 Å². The predicted octanol–water partition coefficient (Wildman–Crippen LogP) is 2.35. The minimum Gasteiger partial charge on any atom is -0.466 e. The van der Waals surface area contributed by atoms with Crippen molar-refractivity contribution in [2.45, 2.75) is 82.8 Å². The number of carbonyl (C=O) groups excluding carboxylic acids is 2. The monoisotopic (exact) mass is 356 g/mol. The Morgan fingerprint density at radius 3 is 1.64 bits per heavy atom. The van der Waals surface area contributed by atoms with E-state index in [4.69, 9.17) is 9.47 Å². The number of cyclic esters (lactones) is 2. The molecule has 2 saturated heterocycles. The highest BCUT2D eigenvalue weighted by Gasteiger charge is 2.22. The van der Waals surface area contributed by atoms with Gasteiger partial charge in [0.2, 0.25) is 0 Å². The van der Waals surface area contributed by atoms with E-state index in [-0.39, 0.29) is 24.1 Å². The fourth-order valence-corrected chi connectivity index (χ4v) is 3.70. The van der Waals surface area contributed by atoms with Gasteiger partial charge in [-0.15, -0.1) is 0 Å². The van der Waals surface area contributed by atoms with E-state index in [2.05, 4.69) is 0 Å². The van der Waals surface area contributed by atoms with E-state index >= 15 is 0 Å². The molecule has 0 aromatic carbocycles. The van der Waals surface area contributed by atoms with Crippen LogP contribution < -0.4 is 0 Å². The summed E-state index contributed by atoms with van der Waals surface area (Å²) in [6.07, 6.45) is 7.30. The highest BCUT2D eigenvalue weighted by Crippen LogP contribution is 2.24. The Balaban J connectivity index is 1.49. The van der Waals surface area contributed by atoms with Crippen LogP contribution in [0, 0.1) is 11.8 Å². The Hall–Kier alpha value is -1.14. The zero-order valence-electron chi connectivity index (χ0n) is 15.0. The zero-order valence-corrected chi connectivity index (χ0v) is 15.0.